The summed E-state index contributed by atoms with van der Waals surface area (Å²) in [6.07, 6.45) is -1.75. The number of carbonyl (C=O) groups is 3. The van der Waals surface area contributed by atoms with E-state index in [1.165, 1.54) is 0 Å². The molecule has 14 nitrogen and oxygen atoms in total. The zero-order chi connectivity index (χ0) is 28.1. The summed E-state index contributed by atoms with van der Waals surface area (Å²) in [5, 5.41) is 5.44. The van der Waals surface area contributed by atoms with Crippen molar-refractivity contribution in [2.75, 3.05) is 19.6 Å². The molecule has 0 aliphatic carbocycles. The number of hydrogen-bond acceptors (Lipinski definition) is 10. The van der Waals surface area contributed by atoms with Crippen molar-refractivity contribution in [2.45, 2.75) is 83.3 Å². The van der Waals surface area contributed by atoms with Gasteiger partial charge in [0.1, 0.15) is 17.7 Å². The van der Waals surface area contributed by atoms with E-state index in [4.69, 9.17) is 9.47 Å². The smallest absolute Gasteiger partial charge is 0.809 e. The number of rotatable bonds is 13. The molecule has 4 N–H and O–H groups in total. The third-order valence-corrected chi connectivity index (χ3v) is 9.58. The van der Waals surface area contributed by atoms with E-state index in [-0.39, 0.29) is 96.9 Å². The van der Waals surface area contributed by atoms with E-state index < -0.39 is 56.9 Å². The molecular formula is C21H37N3Na2O11P2. The van der Waals surface area contributed by atoms with Crippen molar-refractivity contribution >= 4 is 33.0 Å². The fraction of sp³-hybridized carbons (Fsp3) is 0.857. The Kier molecular flexibility index (Phi) is 17.3. The fourth-order valence-electron chi connectivity index (χ4n) is 4.11. The molecule has 214 valence electrons. The Morgan fingerprint density at radius 3 is 2.05 bits per heavy atom. The number of ether oxygens (including phenoxy) is 2. The first-order chi connectivity index (χ1) is 17.0. The van der Waals surface area contributed by atoms with Crippen LogP contribution in [0.25, 0.3) is 0 Å². The maximum Gasteiger partial charge on any atom is 1.00 e. The summed E-state index contributed by atoms with van der Waals surface area (Å²) >= 11 is 0. The first-order valence-electron chi connectivity index (χ1n) is 12.3. The summed E-state index contributed by atoms with van der Waals surface area (Å²) in [7, 11) is -10.9. The van der Waals surface area contributed by atoms with Gasteiger partial charge in [-0.2, -0.15) is 0 Å². The Morgan fingerprint density at radius 1 is 1.03 bits per heavy atom. The minimum atomic E-state index is -5.62. The van der Waals surface area contributed by atoms with Crippen LogP contribution < -0.4 is 79.5 Å². The first-order valence-corrected chi connectivity index (χ1v) is 15.5. The molecule has 1 unspecified atom stereocenters. The number of likely N-dealkylation sites (tertiary alicyclic amines) is 1. The van der Waals surface area contributed by atoms with Gasteiger partial charge in [-0.05, 0) is 45.1 Å². The van der Waals surface area contributed by atoms with Gasteiger partial charge in [0.15, 0.2) is 12.2 Å². The summed E-state index contributed by atoms with van der Waals surface area (Å²) < 4.78 is 33.4. The number of nitrogens with zero attached hydrogens (tertiary/aromatic N) is 1. The molecule has 39 heavy (non-hydrogen) atoms. The third kappa shape index (κ3) is 13.2. The Bertz CT molecular complexity index is 901. The third-order valence-electron chi connectivity index (χ3n) is 6.01. The van der Waals surface area contributed by atoms with Gasteiger partial charge in [0, 0.05) is 19.6 Å². The molecule has 2 saturated heterocycles. The van der Waals surface area contributed by atoms with Crippen molar-refractivity contribution in [3.8, 4) is 0 Å². The van der Waals surface area contributed by atoms with Crippen molar-refractivity contribution in [1.29, 1.82) is 0 Å². The van der Waals surface area contributed by atoms with E-state index in [9.17, 15) is 43.1 Å². The second kappa shape index (κ2) is 17.1. The number of epoxide rings is 1. The molecule has 2 heterocycles. The van der Waals surface area contributed by atoms with E-state index in [1.807, 2.05) is 27.7 Å². The van der Waals surface area contributed by atoms with Gasteiger partial charge in [0.25, 0.3) is 5.91 Å². The quantitative estimate of drug-likeness (QED) is 0.0657. The number of hydrogen-bond donors (Lipinski definition) is 4. The number of piperidine rings is 1. The number of esters is 1. The Hall–Kier alpha value is 0.630. The maximum atomic E-state index is 12.6. The first kappa shape index (κ1) is 39.6. The predicted octanol–water partition coefficient (Wildman–Crippen LogP) is -7.16. The van der Waals surface area contributed by atoms with Crippen LogP contribution in [0.5, 0.6) is 0 Å². The largest absolute Gasteiger partial charge is 1.00 e. The average Bonchev–Trinajstić information content (AvgIpc) is 3.53. The van der Waals surface area contributed by atoms with Crippen LogP contribution in [0.15, 0.2) is 0 Å². The monoisotopic (exact) mass is 615 g/mol. The van der Waals surface area contributed by atoms with Crippen LogP contribution >= 0.6 is 15.2 Å². The zero-order valence-electron chi connectivity index (χ0n) is 23.4. The molecule has 2 fully saturated rings. The van der Waals surface area contributed by atoms with Crippen LogP contribution in [0.3, 0.4) is 0 Å². The molecule has 2 aliphatic heterocycles. The van der Waals surface area contributed by atoms with Crippen LogP contribution in [0.4, 0.5) is 0 Å². The van der Waals surface area contributed by atoms with Gasteiger partial charge in [-0.3, -0.25) is 19.1 Å². The molecule has 0 aromatic heterocycles. The number of amides is 2. The molecule has 2 aliphatic rings. The molecule has 2 rings (SSSR count). The minimum absolute atomic E-state index is 0. The molecule has 4 atom stereocenters. The normalized spacial score (nSPS) is 21.8. The molecule has 0 aromatic rings. The maximum absolute atomic E-state index is 12.6. The van der Waals surface area contributed by atoms with Crippen molar-refractivity contribution < 1.29 is 112 Å². The standard InChI is InChI=1S/C21H39N3O11P2.2Na/c1-12(2)5-8-22-18(25)15(11-13(3)4)23-19(26)16-17(35-16)20(27)34-14-6-9-24(10-7-14)21(36(28,29)30)37(31,32)33;;/h12-17,21H,5-11H2,1-4H3,(H,22,25)(H,23,26)(H2,28,29,30)(H2,31,32,33);;/q;2*+1/p-2/t15-,16-,17-;;/m0../s1. The summed E-state index contributed by atoms with van der Waals surface area (Å²) in [6, 6.07) is -0.787. The van der Waals surface area contributed by atoms with E-state index in [0.29, 0.717) is 18.9 Å². The van der Waals surface area contributed by atoms with Crippen molar-refractivity contribution in [3.05, 3.63) is 0 Å². The van der Waals surface area contributed by atoms with Gasteiger partial charge in [-0.25, -0.2) is 4.79 Å². The Labute approximate surface area is 273 Å². The molecule has 0 aromatic carbocycles. The number of nitrogens with one attached hydrogen (secondary N) is 2. The Morgan fingerprint density at radius 2 is 1.59 bits per heavy atom. The summed E-state index contributed by atoms with van der Waals surface area (Å²) in [5.41, 5.74) is -2.47. The second-order valence-electron chi connectivity index (χ2n) is 10.3. The molecule has 18 heteroatoms. The van der Waals surface area contributed by atoms with Crippen LogP contribution in [-0.4, -0.2) is 82.0 Å². The van der Waals surface area contributed by atoms with Gasteiger partial charge in [0.05, 0.1) is 0 Å². The van der Waals surface area contributed by atoms with Gasteiger partial charge in [-0.1, -0.05) is 27.7 Å². The minimum Gasteiger partial charge on any atom is -0.809 e. The summed E-state index contributed by atoms with van der Waals surface area (Å²) in [6.45, 7) is 7.97. The SMILES string of the molecule is CC(C)CCNC(=O)[C@H](CC(C)C)NC(=O)[C@H]1O[C@@H]1C(=O)OC1CCN(C(P(=O)([O-])[O-])P(=O)(O)O)CC1.[Na+].[Na+]. The predicted molar refractivity (Wildman–Crippen MR) is 127 cm³/mol. The van der Waals surface area contributed by atoms with E-state index >= 15 is 0 Å². The zero-order valence-corrected chi connectivity index (χ0v) is 29.2. The van der Waals surface area contributed by atoms with Crippen molar-refractivity contribution in [2.24, 2.45) is 11.8 Å². The van der Waals surface area contributed by atoms with Crippen LogP contribution in [0.1, 0.15) is 53.4 Å². The van der Waals surface area contributed by atoms with Gasteiger partial charge < -0.3 is 44.2 Å². The second-order valence-corrected chi connectivity index (χ2v) is 13.9. The fourth-order valence-corrected chi connectivity index (χ4v) is 6.87. The molecule has 0 spiro atoms. The molecular weight excluding hydrogens is 578 g/mol. The van der Waals surface area contributed by atoms with Crippen molar-refractivity contribution in [3.63, 3.8) is 0 Å². The molecule has 0 radical (unpaired) electrons. The summed E-state index contributed by atoms with van der Waals surface area (Å²) in [5.74, 6) is -1.22. The van der Waals surface area contributed by atoms with E-state index in [1.54, 1.807) is 0 Å². The molecule has 0 bridgehead atoms. The molecule has 0 saturated carbocycles. The van der Waals surface area contributed by atoms with Crippen LogP contribution in [0, 0.1) is 11.8 Å². The van der Waals surface area contributed by atoms with Crippen LogP contribution in [-0.2, 0) is 33.0 Å². The summed E-state index contributed by atoms with van der Waals surface area (Å²) in [4.78, 5) is 79.7. The van der Waals surface area contributed by atoms with E-state index in [0.717, 1.165) is 11.3 Å². The van der Waals surface area contributed by atoms with Crippen molar-refractivity contribution in [1.82, 2.24) is 15.5 Å². The van der Waals surface area contributed by atoms with Gasteiger partial charge >= 0.3 is 72.7 Å². The Balaban J connectivity index is 0.00000722. The van der Waals surface area contributed by atoms with Crippen LogP contribution in [0.2, 0.25) is 0 Å². The van der Waals surface area contributed by atoms with E-state index in [2.05, 4.69) is 10.6 Å². The average molecular weight is 615 g/mol. The molecule has 2 amide bonds. The number of carbonyl (C=O) groups excluding carboxylic acids is 3. The topological polar surface area (TPSA) is 221 Å². The van der Waals surface area contributed by atoms with Gasteiger partial charge in [0.2, 0.25) is 5.91 Å². The van der Waals surface area contributed by atoms with Gasteiger partial charge in [-0.15, -0.1) is 0 Å².